The van der Waals surface area contributed by atoms with Gasteiger partial charge in [0.05, 0.1) is 24.2 Å². The van der Waals surface area contributed by atoms with Crippen molar-refractivity contribution in [3.8, 4) is 11.5 Å². The summed E-state index contributed by atoms with van der Waals surface area (Å²) in [6.07, 6.45) is 0.773. The molecule has 2 aliphatic heterocycles. The van der Waals surface area contributed by atoms with E-state index in [9.17, 15) is 8.42 Å². The van der Waals surface area contributed by atoms with Gasteiger partial charge in [-0.25, -0.2) is 8.42 Å². The number of piperazine rings is 1. The average molecular weight is 499 g/mol. The molecule has 0 amide bonds. The summed E-state index contributed by atoms with van der Waals surface area (Å²) in [6, 6.07) is 23.1. The molecule has 0 aromatic heterocycles. The van der Waals surface area contributed by atoms with Gasteiger partial charge in [-0.1, -0.05) is 54.1 Å². The Balaban J connectivity index is 1.35. The van der Waals surface area contributed by atoms with Crippen molar-refractivity contribution in [2.24, 2.45) is 0 Å². The minimum Gasteiger partial charge on any atom is -0.490 e. The van der Waals surface area contributed by atoms with E-state index in [1.165, 1.54) is 5.56 Å². The Morgan fingerprint density at radius 3 is 2.12 bits per heavy atom. The summed E-state index contributed by atoms with van der Waals surface area (Å²) in [5.41, 5.74) is 2.30. The third kappa shape index (κ3) is 4.79. The number of benzene rings is 3. The van der Waals surface area contributed by atoms with Crippen molar-refractivity contribution in [1.29, 1.82) is 0 Å². The van der Waals surface area contributed by atoms with Crippen LogP contribution in [0.4, 0.5) is 0 Å². The van der Waals surface area contributed by atoms with Gasteiger partial charge in [0.15, 0.2) is 11.5 Å². The standard InChI is InChI=1S/C26H27ClN2O4S/c27-22-9-7-21(8-10-22)26(20-5-2-1-3-6-20)28-13-15-29(16-14-28)34(30,31)23-11-12-24-25(19-23)33-18-4-17-32-24/h1-3,5-12,19,26H,4,13-18H2/t26-/m1/s1. The maximum atomic E-state index is 13.4. The first kappa shape index (κ1) is 23.2. The molecular formula is C26H27ClN2O4S. The smallest absolute Gasteiger partial charge is 0.243 e. The van der Waals surface area contributed by atoms with E-state index in [-0.39, 0.29) is 10.9 Å². The number of rotatable bonds is 5. The first-order valence-electron chi connectivity index (χ1n) is 11.5. The predicted octanol–water partition coefficient (Wildman–Crippen LogP) is 4.60. The molecule has 5 rings (SSSR count). The zero-order valence-corrected chi connectivity index (χ0v) is 20.3. The summed E-state index contributed by atoms with van der Waals surface area (Å²) in [5.74, 6) is 1.08. The summed E-state index contributed by atoms with van der Waals surface area (Å²) in [7, 11) is -3.64. The lowest BCUT2D eigenvalue weighted by Gasteiger charge is -2.39. The van der Waals surface area contributed by atoms with Crippen LogP contribution < -0.4 is 9.47 Å². The Labute approximate surface area is 205 Å². The van der Waals surface area contributed by atoms with Crippen LogP contribution in [0.5, 0.6) is 11.5 Å². The fraction of sp³-hybridized carbons (Fsp3) is 0.308. The molecule has 0 N–H and O–H groups in total. The minimum absolute atomic E-state index is 0.0290. The Bertz CT molecular complexity index is 1230. The molecule has 2 heterocycles. The molecular weight excluding hydrogens is 472 g/mol. The van der Waals surface area contributed by atoms with Gasteiger partial charge in [0.25, 0.3) is 0 Å². The fourth-order valence-corrected chi connectivity index (χ4v) is 6.11. The first-order valence-corrected chi connectivity index (χ1v) is 13.3. The third-order valence-corrected chi connectivity index (χ3v) is 8.44. The van der Waals surface area contributed by atoms with Crippen molar-refractivity contribution in [1.82, 2.24) is 9.21 Å². The number of halogens is 1. The highest BCUT2D eigenvalue weighted by Gasteiger charge is 2.33. The molecule has 34 heavy (non-hydrogen) atoms. The summed E-state index contributed by atoms with van der Waals surface area (Å²) in [6.45, 7) is 3.14. The van der Waals surface area contributed by atoms with Crippen LogP contribution in [0.15, 0.2) is 77.7 Å². The van der Waals surface area contributed by atoms with E-state index >= 15 is 0 Å². The van der Waals surface area contributed by atoms with E-state index in [4.69, 9.17) is 21.1 Å². The summed E-state index contributed by atoms with van der Waals surface area (Å²) < 4.78 is 39.7. The molecule has 178 valence electrons. The summed E-state index contributed by atoms with van der Waals surface area (Å²) in [4.78, 5) is 2.57. The number of ether oxygens (including phenoxy) is 2. The predicted molar refractivity (Wildman–Crippen MR) is 132 cm³/mol. The molecule has 2 aliphatic rings. The van der Waals surface area contributed by atoms with E-state index in [1.807, 2.05) is 42.5 Å². The second-order valence-corrected chi connectivity index (χ2v) is 10.8. The molecule has 0 saturated carbocycles. The van der Waals surface area contributed by atoms with Gasteiger partial charge in [0, 0.05) is 43.7 Å². The van der Waals surface area contributed by atoms with Crippen LogP contribution in [-0.2, 0) is 10.0 Å². The number of hydrogen-bond acceptors (Lipinski definition) is 5. The molecule has 6 nitrogen and oxygen atoms in total. The van der Waals surface area contributed by atoms with Gasteiger partial charge >= 0.3 is 0 Å². The molecule has 0 spiro atoms. The van der Waals surface area contributed by atoms with Crippen LogP contribution >= 0.6 is 11.6 Å². The van der Waals surface area contributed by atoms with Gasteiger partial charge in [0.1, 0.15) is 0 Å². The normalized spacial score (nSPS) is 18.3. The van der Waals surface area contributed by atoms with Crippen LogP contribution in [0.2, 0.25) is 5.02 Å². The molecule has 0 aliphatic carbocycles. The van der Waals surface area contributed by atoms with Gasteiger partial charge in [0.2, 0.25) is 10.0 Å². The Kier molecular flexibility index (Phi) is 6.79. The van der Waals surface area contributed by atoms with E-state index in [0.29, 0.717) is 55.9 Å². The Morgan fingerprint density at radius 2 is 1.41 bits per heavy atom. The van der Waals surface area contributed by atoms with Crippen molar-refractivity contribution in [2.45, 2.75) is 17.4 Å². The quantitative estimate of drug-likeness (QED) is 0.514. The van der Waals surface area contributed by atoms with E-state index in [0.717, 1.165) is 12.0 Å². The SMILES string of the molecule is O=S(=O)(c1ccc2c(c1)OCCCO2)N1CCN([C@H](c2ccccc2)c2ccc(Cl)cc2)CC1. The van der Waals surface area contributed by atoms with Crippen molar-refractivity contribution in [2.75, 3.05) is 39.4 Å². The van der Waals surface area contributed by atoms with Crippen LogP contribution in [0.3, 0.4) is 0 Å². The lowest BCUT2D eigenvalue weighted by Crippen LogP contribution is -2.49. The minimum atomic E-state index is -3.64. The van der Waals surface area contributed by atoms with Gasteiger partial charge < -0.3 is 9.47 Å². The van der Waals surface area contributed by atoms with Crippen LogP contribution in [-0.4, -0.2) is 57.0 Å². The molecule has 1 fully saturated rings. The topological polar surface area (TPSA) is 59.1 Å². The molecule has 1 atom stereocenters. The van der Waals surface area contributed by atoms with Crippen molar-refractivity contribution in [3.63, 3.8) is 0 Å². The zero-order valence-electron chi connectivity index (χ0n) is 18.8. The van der Waals surface area contributed by atoms with Gasteiger partial charge in [-0.05, 0) is 35.4 Å². The van der Waals surface area contributed by atoms with Crippen LogP contribution in [0.1, 0.15) is 23.6 Å². The third-order valence-electron chi connectivity index (χ3n) is 6.30. The number of fused-ring (bicyclic) bond motifs is 1. The van der Waals surface area contributed by atoms with Crippen molar-refractivity contribution in [3.05, 3.63) is 88.9 Å². The first-order chi connectivity index (χ1) is 16.5. The molecule has 8 heteroatoms. The average Bonchev–Trinajstić information content (AvgIpc) is 3.11. The maximum Gasteiger partial charge on any atom is 0.243 e. The van der Waals surface area contributed by atoms with Gasteiger partial charge in [-0.2, -0.15) is 4.31 Å². The van der Waals surface area contributed by atoms with Crippen molar-refractivity contribution >= 4 is 21.6 Å². The van der Waals surface area contributed by atoms with E-state index < -0.39 is 10.0 Å². The Hall–Kier alpha value is -2.58. The van der Waals surface area contributed by atoms with E-state index in [1.54, 1.807) is 22.5 Å². The fourth-order valence-electron chi connectivity index (χ4n) is 4.55. The number of nitrogens with zero attached hydrogens (tertiary/aromatic N) is 2. The molecule has 3 aromatic rings. The number of hydrogen-bond donors (Lipinski definition) is 0. The van der Waals surface area contributed by atoms with Gasteiger partial charge in [-0.15, -0.1) is 0 Å². The molecule has 0 bridgehead atoms. The second kappa shape index (κ2) is 9.96. The highest BCUT2D eigenvalue weighted by molar-refractivity contribution is 7.89. The monoisotopic (exact) mass is 498 g/mol. The van der Waals surface area contributed by atoms with Crippen LogP contribution in [0.25, 0.3) is 0 Å². The second-order valence-electron chi connectivity index (χ2n) is 8.46. The van der Waals surface area contributed by atoms with Gasteiger partial charge in [-0.3, -0.25) is 4.90 Å². The molecule has 0 radical (unpaired) electrons. The summed E-state index contributed by atoms with van der Waals surface area (Å²) >= 11 is 6.13. The van der Waals surface area contributed by atoms with E-state index in [2.05, 4.69) is 17.0 Å². The lowest BCUT2D eigenvalue weighted by molar-refractivity contribution is 0.156. The Morgan fingerprint density at radius 1 is 0.765 bits per heavy atom. The molecule has 0 unspecified atom stereocenters. The largest absolute Gasteiger partial charge is 0.490 e. The summed E-state index contributed by atoms with van der Waals surface area (Å²) in [5, 5.41) is 0.696. The maximum absolute atomic E-state index is 13.4. The molecule has 3 aromatic carbocycles. The van der Waals surface area contributed by atoms with Crippen LogP contribution in [0, 0.1) is 0 Å². The highest BCUT2D eigenvalue weighted by atomic mass is 35.5. The highest BCUT2D eigenvalue weighted by Crippen LogP contribution is 2.34. The zero-order chi connectivity index (χ0) is 23.5. The lowest BCUT2D eigenvalue weighted by atomic mass is 9.96. The molecule has 1 saturated heterocycles. The van der Waals surface area contributed by atoms with Crippen molar-refractivity contribution < 1.29 is 17.9 Å². The number of sulfonamides is 1.